The van der Waals surface area contributed by atoms with E-state index in [9.17, 15) is 9.59 Å². The van der Waals surface area contributed by atoms with Crippen LogP contribution in [0, 0.1) is 5.92 Å². The number of carbonyl (C=O) groups excluding carboxylic acids is 1. The Morgan fingerprint density at radius 1 is 1.47 bits per heavy atom. The Balaban J connectivity index is 2.54. The van der Waals surface area contributed by atoms with E-state index >= 15 is 0 Å². The van der Waals surface area contributed by atoms with Gasteiger partial charge >= 0.3 is 12.0 Å². The molecule has 98 valence electrons. The number of nitrogens with zero attached hydrogens (tertiary/aromatic N) is 1. The largest absolute Gasteiger partial charge is 0.480 e. The second-order valence-corrected chi connectivity index (χ2v) is 4.86. The molecule has 4 N–H and O–H groups in total. The van der Waals surface area contributed by atoms with Crippen molar-refractivity contribution in [3.05, 3.63) is 0 Å². The maximum Gasteiger partial charge on any atom is 0.326 e. The van der Waals surface area contributed by atoms with Crippen molar-refractivity contribution in [3.63, 3.8) is 0 Å². The molecule has 0 aromatic rings. The van der Waals surface area contributed by atoms with Crippen molar-refractivity contribution in [2.45, 2.75) is 38.8 Å². The Hall–Kier alpha value is -1.30. The van der Waals surface area contributed by atoms with Gasteiger partial charge in [0.15, 0.2) is 0 Å². The first-order valence-corrected chi connectivity index (χ1v) is 5.95. The highest BCUT2D eigenvalue weighted by atomic mass is 16.4. The summed E-state index contributed by atoms with van der Waals surface area (Å²) in [7, 11) is 0. The number of piperidine rings is 1. The number of carboxylic acids is 1. The van der Waals surface area contributed by atoms with Gasteiger partial charge in [0.25, 0.3) is 0 Å². The fourth-order valence-electron chi connectivity index (χ4n) is 1.93. The summed E-state index contributed by atoms with van der Waals surface area (Å²) < 4.78 is 0. The van der Waals surface area contributed by atoms with Crippen LogP contribution in [0.1, 0.15) is 26.7 Å². The molecular formula is C11H21N3O3. The molecule has 1 saturated heterocycles. The molecule has 0 spiro atoms. The molecule has 0 radical (unpaired) electrons. The molecule has 1 fully saturated rings. The molecule has 1 aliphatic rings. The lowest BCUT2D eigenvalue weighted by Gasteiger charge is -2.32. The number of hydrogen-bond acceptors (Lipinski definition) is 3. The highest BCUT2D eigenvalue weighted by Gasteiger charge is 2.27. The van der Waals surface area contributed by atoms with Crippen molar-refractivity contribution in [3.8, 4) is 0 Å². The highest BCUT2D eigenvalue weighted by Crippen LogP contribution is 2.09. The Kier molecular flexibility index (Phi) is 4.74. The zero-order chi connectivity index (χ0) is 13.0. The summed E-state index contributed by atoms with van der Waals surface area (Å²) >= 11 is 0. The van der Waals surface area contributed by atoms with Crippen molar-refractivity contribution >= 4 is 12.0 Å². The molecular weight excluding hydrogens is 222 g/mol. The number of hydrogen-bond donors (Lipinski definition) is 3. The van der Waals surface area contributed by atoms with Crippen molar-refractivity contribution in [1.29, 1.82) is 0 Å². The number of urea groups is 1. The van der Waals surface area contributed by atoms with Crippen LogP contribution >= 0.6 is 0 Å². The summed E-state index contributed by atoms with van der Waals surface area (Å²) in [4.78, 5) is 24.4. The molecule has 6 nitrogen and oxygen atoms in total. The van der Waals surface area contributed by atoms with Gasteiger partial charge in [-0.3, -0.25) is 0 Å². The van der Waals surface area contributed by atoms with E-state index in [4.69, 9.17) is 10.8 Å². The minimum absolute atomic E-state index is 0.00294. The second-order valence-electron chi connectivity index (χ2n) is 4.86. The maximum absolute atomic E-state index is 11.9. The molecule has 1 aliphatic heterocycles. The summed E-state index contributed by atoms with van der Waals surface area (Å²) in [6.45, 7) is 4.67. The first-order valence-electron chi connectivity index (χ1n) is 5.95. The van der Waals surface area contributed by atoms with Crippen molar-refractivity contribution in [2.75, 3.05) is 13.1 Å². The van der Waals surface area contributed by atoms with Gasteiger partial charge in [-0.1, -0.05) is 13.8 Å². The number of carboxylic acid groups (broad SMARTS) is 1. The third-order valence-electron chi connectivity index (χ3n) is 2.96. The van der Waals surface area contributed by atoms with E-state index in [-0.39, 0.29) is 18.0 Å². The molecule has 6 heteroatoms. The van der Waals surface area contributed by atoms with Crippen molar-refractivity contribution < 1.29 is 14.7 Å². The number of aliphatic carboxylic acids is 1. The number of carbonyl (C=O) groups is 2. The fraction of sp³-hybridized carbons (Fsp3) is 0.818. The minimum Gasteiger partial charge on any atom is -0.480 e. The van der Waals surface area contributed by atoms with E-state index in [0.29, 0.717) is 13.1 Å². The van der Waals surface area contributed by atoms with Gasteiger partial charge in [0.2, 0.25) is 0 Å². The molecule has 1 rings (SSSR count). The average Bonchev–Trinajstić information content (AvgIpc) is 2.24. The Morgan fingerprint density at radius 3 is 2.59 bits per heavy atom. The maximum atomic E-state index is 11.9. The predicted molar refractivity (Wildman–Crippen MR) is 63.6 cm³/mol. The Bertz CT molecular complexity index is 294. The SMILES string of the molecule is CC(C)[C@H](NC(=O)N1CCCC(N)C1)C(=O)O. The van der Waals surface area contributed by atoms with E-state index in [1.54, 1.807) is 18.7 Å². The quantitative estimate of drug-likeness (QED) is 0.661. The van der Waals surface area contributed by atoms with Crippen LogP contribution < -0.4 is 11.1 Å². The first kappa shape index (κ1) is 13.8. The van der Waals surface area contributed by atoms with Crippen LogP contribution in [0.5, 0.6) is 0 Å². The smallest absolute Gasteiger partial charge is 0.326 e. The number of nitrogens with two attached hydrogens (primary N) is 1. The summed E-state index contributed by atoms with van der Waals surface area (Å²) in [5.41, 5.74) is 5.78. The molecule has 0 aromatic heterocycles. The van der Waals surface area contributed by atoms with Crippen LogP contribution in [0.2, 0.25) is 0 Å². The van der Waals surface area contributed by atoms with Gasteiger partial charge in [-0.05, 0) is 18.8 Å². The van der Waals surface area contributed by atoms with Crippen LogP contribution in [0.25, 0.3) is 0 Å². The molecule has 17 heavy (non-hydrogen) atoms. The van der Waals surface area contributed by atoms with Gasteiger partial charge in [-0.2, -0.15) is 0 Å². The standard InChI is InChI=1S/C11H21N3O3/c1-7(2)9(10(15)16)13-11(17)14-5-3-4-8(12)6-14/h7-9H,3-6,12H2,1-2H3,(H,13,17)(H,15,16)/t8?,9-/m0/s1. The van der Waals surface area contributed by atoms with Gasteiger partial charge in [0.1, 0.15) is 6.04 Å². The fourth-order valence-corrected chi connectivity index (χ4v) is 1.93. The number of rotatable bonds is 3. The Morgan fingerprint density at radius 2 is 2.12 bits per heavy atom. The van der Waals surface area contributed by atoms with Gasteiger partial charge in [-0.15, -0.1) is 0 Å². The lowest BCUT2D eigenvalue weighted by atomic mass is 10.0. The lowest BCUT2D eigenvalue weighted by Crippen LogP contribution is -2.54. The van der Waals surface area contributed by atoms with Crippen LogP contribution in [0.3, 0.4) is 0 Å². The molecule has 1 unspecified atom stereocenters. The number of nitrogens with one attached hydrogen (secondary N) is 1. The number of likely N-dealkylation sites (tertiary alicyclic amines) is 1. The molecule has 0 aromatic carbocycles. The molecule has 0 aliphatic carbocycles. The predicted octanol–water partition coefficient (Wildman–Crippen LogP) is 0.228. The monoisotopic (exact) mass is 243 g/mol. The van der Waals surface area contributed by atoms with Crippen molar-refractivity contribution in [2.24, 2.45) is 11.7 Å². The van der Waals surface area contributed by atoms with E-state index < -0.39 is 12.0 Å². The lowest BCUT2D eigenvalue weighted by molar-refractivity contribution is -0.140. The van der Waals surface area contributed by atoms with Crippen LogP contribution in [-0.2, 0) is 4.79 Å². The third kappa shape index (κ3) is 3.89. The minimum atomic E-state index is -1.00. The molecule has 1 heterocycles. The molecule has 2 atom stereocenters. The zero-order valence-corrected chi connectivity index (χ0v) is 10.3. The van der Waals surface area contributed by atoms with Gasteiger partial charge < -0.3 is 21.1 Å². The summed E-state index contributed by atoms with van der Waals surface area (Å²) in [5, 5.41) is 11.5. The van der Waals surface area contributed by atoms with E-state index in [0.717, 1.165) is 12.8 Å². The summed E-state index contributed by atoms with van der Waals surface area (Å²) in [5.74, 6) is -1.15. The second kappa shape index (κ2) is 5.86. The normalized spacial score (nSPS) is 22.4. The van der Waals surface area contributed by atoms with Crippen molar-refractivity contribution in [1.82, 2.24) is 10.2 Å². The molecule has 2 amide bonds. The highest BCUT2D eigenvalue weighted by molar-refractivity contribution is 5.82. The molecule has 0 saturated carbocycles. The van der Waals surface area contributed by atoms with Crippen LogP contribution in [0.4, 0.5) is 4.79 Å². The summed E-state index contributed by atoms with van der Waals surface area (Å²) in [6, 6.07) is -1.18. The number of amides is 2. The van der Waals surface area contributed by atoms with Gasteiger partial charge in [0.05, 0.1) is 0 Å². The van der Waals surface area contributed by atoms with Crippen LogP contribution in [-0.4, -0.2) is 47.2 Å². The first-order chi connectivity index (χ1) is 7.91. The van der Waals surface area contributed by atoms with Gasteiger partial charge in [-0.25, -0.2) is 9.59 Å². The molecule has 0 bridgehead atoms. The van der Waals surface area contributed by atoms with E-state index in [2.05, 4.69) is 5.32 Å². The van der Waals surface area contributed by atoms with Crippen LogP contribution in [0.15, 0.2) is 0 Å². The third-order valence-corrected chi connectivity index (χ3v) is 2.96. The topological polar surface area (TPSA) is 95.7 Å². The van der Waals surface area contributed by atoms with E-state index in [1.807, 2.05) is 0 Å². The average molecular weight is 243 g/mol. The van der Waals surface area contributed by atoms with E-state index in [1.165, 1.54) is 0 Å². The Labute approximate surface area is 101 Å². The zero-order valence-electron chi connectivity index (χ0n) is 10.3. The summed E-state index contributed by atoms with van der Waals surface area (Å²) in [6.07, 6.45) is 1.78. The van der Waals surface area contributed by atoms with Gasteiger partial charge in [0, 0.05) is 19.1 Å².